The van der Waals surface area contributed by atoms with Gasteiger partial charge in [-0.15, -0.1) is 6.58 Å². The average Bonchev–Trinajstić information content (AvgIpc) is 3.03. The Morgan fingerprint density at radius 3 is 2.04 bits per heavy atom. The standard InChI is InChI=1S/C43H48ClNO4/c1-7-14-29-21-31(22-37(48-8-2)41(29)49-27-30-17-12-13-18-32(30)44)38-39-33(23-42(3,4)25-35(39)46)45(20-19-28-15-10-9-11-16-28)34-24-43(5,6)26-36(47)40(34)38/h7,9-13,15-18,21-22,38H,1,8,14,19-20,23-27H2,2-6H3. The maximum atomic E-state index is 14.4. The van der Waals surface area contributed by atoms with E-state index in [1.165, 1.54) is 5.56 Å². The summed E-state index contributed by atoms with van der Waals surface area (Å²) in [4.78, 5) is 31.2. The van der Waals surface area contributed by atoms with E-state index in [1.807, 2.05) is 49.4 Å². The number of benzene rings is 3. The second kappa shape index (κ2) is 14.0. The molecule has 1 heterocycles. The number of halogens is 1. The number of carbonyl (C=O) groups excluding carboxylic acids is 2. The van der Waals surface area contributed by atoms with Gasteiger partial charge in [-0.3, -0.25) is 9.59 Å². The molecule has 3 aliphatic rings. The van der Waals surface area contributed by atoms with Crippen LogP contribution in [0.15, 0.2) is 102 Å². The molecule has 0 aromatic heterocycles. The molecule has 3 aromatic carbocycles. The van der Waals surface area contributed by atoms with E-state index in [-0.39, 0.29) is 29.0 Å². The zero-order valence-electron chi connectivity index (χ0n) is 29.5. The lowest BCUT2D eigenvalue weighted by Crippen LogP contribution is -2.45. The van der Waals surface area contributed by atoms with Gasteiger partial charge in [-0.05, 0) is 66.7 Å². The Kier molecular flexibility index (Phi) is 9.95. The van der Waals surface area contributed by atoms with Crippen molar-refractivity contribution < 1.29 is 19.1 Å². The molecule has 3 aromatic rings. The first-order valence-corrected chi connectivity index (χ1v) is 17.9. The van der Waals surface area contributed by atoms with Crippen LogP contribution >= 0.6 is 11.6 Å². The van der Waals surface area contributed by atoms with Gasteiger partial charge < -0.3 is 14.4 Å². The van der Waals surface area contributed by atoms with Crippen molar-refractivity contribution in [2.75, 3.05) is 13.2 Å². The lowest BCUT2D eigenvalue weighted by molar-refractivity contribution is -0.119. The fourth-order valence-electron chi connectivity index (χ4n) is 7.89. The van der Waals surface area contributed by atoms with E-state index in [0.717, 1.165) is 58.5 Å². The Balaban J connectivity index is 1.53. The smallest absolute Gasteiger partial charge is 0.165 e. The quantitative estimate of drug-likeness (QED) is 0.189. The third kappa shape index (κ3) is 7.28. The van der Waals surface area contributed by atoms with E-state index < -0.39 is 5.92 Å². The number of hydrogen-bond donors (Lipinski definition) is 0. The summed E-state index contributed by atoms with van der Waals surface area (Å²) in [5.74, 6) is 0.971. The third-order valence-electron chi connectivity index (χ3n) is 9.97. The molecule has 0 spiro atoms. The van der Waals surface area contributed by atoms with Crippen LogP contribution in [-0.4, -0.2) is 29.6 Å². The van der Waals surface area contributed by atoms with Crippen LogP contribution in [-0.2, 0) is 29.0 Å². The summed E-state index contributed by atoms with van der Waals surface area (Å²) >= 11 is 6.48. The van der Waals surface area contributed by atoms with Crippen LogP contribution in [0.1, 0.15) is 88.5 Å². The molecule has 0 N–H and O–H groups in total. The predicted molar refractivity (Wildman–Crippen MR) is 197 cm³/mol. The third-order valence-corrected chi connectivity index (χ3v) is 10.3. The summed E-state index contributed by atoms with van der Waals surface area (Å²) < 4.78 is 12.7. The monoisotopic (exact) mass is 677 g/mol. The molecule has 0 atom stereocenters. The highest BCUT2D eigenvalue weighted by Crippen LogP contribution is 2.55. The average molecular weight is 678 g/mol. The molecular weight excluding hydrogens is 630 g/mol. The van der Waals surface area contributed by atoms with Gasteiger partial charge >= 0.3 is 0 Å². The van der Waals surface area contributed by atoms with Gasteiger partial charge in [-0.2, -0.15) is 0 Å². The molecule has 0 saturated carbocycles. The highest BCUT2D eigenvalue weighted by Gasteiger charge is 2.49. The molecule has 5 nitrogen and oxygen atoms in total. The van der Waals surface area contributed by atoms with Gasteiger partial charge in [-0.25, -0.2) is 0 Å². The molecule has 0 unspecified atom stereocenters. The van der Waals surface area contributed by atoms with Crippen molar-refractivity contribution in [3.05, 3.63) is 129 Å². The van der Waals surface area contributed by atoms with E-state index in [9.17, 15) is 9.59 Å². The Morgan fingerprint density at radius 2 is 1.45 bits per heavy atom. The fourth-order valence-corrected chi connectivity index (χ4v) is 8.08. The van der Waals surface area contributed by atoms with E-state index in [1.54, 1.807) is 0 Å². The first-order chi connectivity index (χ1) is 23.4. The van der Waals surface area contributed by atoms with Crippen LogP contribution < -0.4 is 9.47 Å². The summed E-state index contributed by atoms with van der Waals surface area (Å²) in [5.41, 5.74) is 7.14. The van der Waals surface area contributed by atoms with Crippen LogP contribution in [0.5, 0.6) is 11.5 Å². The summed E-state index contributed by atoms with van der Waals surface area (Å²) in [6.07, 6.45) is 5.60. The first-order valence-electron chi connectivity index (χ1n) is 17.5. The summed E-state index contributed by atoms with van der Waals surface area (Å²) in [5, 5.41) is 0.637. The number of Topliss-reactive ketones (excluding diaryl/α,β-unsaturated/α-hetero) is 2. The zero-order valence-corrected chi connectivity index (χ0v) is 30.3. The molecule has 0 radical (unpaired) electrons. The first kappa shape index (κ1) is 34.8. The number of rotatable bonds is 11. The van der Waals surface area contributed by atoms with Gasteiger partial charge in [0.2, 0.25) is 0 Å². The fraction of sp³-hybridized carbons (Fsp3) is 0.395. The Bertz CT molecular complexity index is 1780. The Hall–Kier alpha value is -4.09. The van der Waals surface area contributed by atoms with Crippen LogP contribution in [0.25, 0.3) is 0 Å². The van der Waals surface area contributed by atoms with Crippen molar-refractivity contribution in [2.24, 2.45) is 10.8 Å². The molecule has 0 bridgehead atoms. The molecule has 0 amide bonds. The van der Waals surface area contributed by atoms with Crippen LogP contribution in [0, 0.1) is 10.8 Å². The predicted octanol–water partition coefficient (Wildman–Crippen LogP) is 9.97. The van der Waals surface area contributed by atoms with Crippen molar-refractivity contribution >= 4 is 23.2 Å². The lowest BCUT2D eigenvalue weighted by atomic mass is 9.63. The minimum atomic E-state index is -0.481. The maximum absolute atomic E-state index is 14.4. The lowest BCUT2D eigenvalue weighted by Gasteiger charge is -2.49. The van der Waals surface area contributed by atoms with Crippen molar-refractivity contribution in [3.8, 4) is 11.5 Å². The molecular formula is C43H48ClNO4. The summed E-state index contributed by atoms with van der Waals surface area (Å²) in [6.45, 7) is 16.1. The van der Waals surface area contributed by atoms with Crippen molar-refractivity contribution in [1.29, 1.82) is 0 Å². The van der Waals surface area contributed by atoms with E-state index in [0.29, 0.717) is 48.9 Å². The molecule has 6 rings (SSSR count). The SMILES string of the molecule is C=CCc1cc(C2C3=C(CC(C)(C)CC3=O)N(CCc3ccccc3)C3=C2C(=O)CC(C)(C)C3)cc(OCC)c1OCc1ccccc1Cl. The van der Waals surface area contributed by atoms with Gasteiger partial charge in [-0.1, -0.05) is 100.0 Å². The molecule has 1 aliphatic heterocycles. The van der Waals surface area contributed by atoms with Crippen molar-refractivity contribution in [3.63, 3.8) is 0 Å². The van der Waals surface area contributed by atoms with E-state index in [2.05, 4.69) is 69.5 Å². The molecule has 49 heavy (non-hydrogen) atoms. The Labute approximate surface area is 296 Å². The summed E-state index contributed by atoms with van der Waals surface area (Å²) in [7, 11) is 0. The molecule has 256 valence electrons. The van der Waals surface area contributed by atoms with Gasteiger partial charge in [0.15, 0.2) is 23.1 Å². The number of allylic oxidation sites excluding steroid dienone is 5. The second-order valence-corrected chi connectivity index (χ2v) is 15.6. The largest absolute Gasteiger partial charge is 0.490 e. The summed E-state index contributed by atoms with van der Waals surface area (Å²) in [6, 6.07) is 22.2. The molecule has 0 fully saturated rings. The van der Waals surface area contributed by atoms with Crippen LogP contribution in [0.3, 0.4) is 0 Å². The van der Waals surface area contributed by atoms with Crippen LogP contribution in [0.2, 0.25) is 5.02 Å². The van der Waals surface area contributed by atoms with Crippen LogP contribution in [0.4, 0.5) is 0 Å². The maximum Gasteiger partial charge on any atom is 0.165 e. The minimum absolute atomic E-state index is 0.118. The number of ketones is 2. The normalized spacial score (nSPS) is 18.7. The van der Waals surface area contributed by atoms with Gasteiger partial charge in [0, 0.05) is 64.0 Å². The Morgan fingerprint density at radius 1 is 0.837 bits per heavy atom. The molecule has 2 aliphatic carbocycles. The van der Waals surface area contributed by atoms with Gasteiger partial charge in [0.1, 0.15) is 6.61 Å². The topological polar surface area (TPSA) is 55.8 Å². The van der Waals surface area contributed by atoms with Gasteiger partial charge in [0.25, 0.3) is 0 Å². The second-order valence-electron chi connectivity index (χ2n) is 15.2. The number of ether oxygens (including phenoxy) is 2. The minimum Gasteiger partial charge on any atom is -0.490 e. The number of hydrogen-bond acceptors (Lipinski definition) is 5. The van der Waals surface area contributed by atoms with Gasteiger partial charge in [0.05, 0.1) is 6.61 Å². The highest BCUT2D eigenvalue weighted by molar-refractivity contribution is 6.31. The van der Waals surface area contributed by atoms with Crippen molar-refractivity contribution in [2.45, 2.75) is 85.7 Å². The van der Waals surface area contributed by atoms with Crippen molar-refractivity contribution in [1.82, 2.24) is 4.90 Å². The molecule has 6 heteroatoms. The molecule has 0 saturated heterocycles. The number of nitrogens with zero attached hydrogens (tertiary/aromatic N) is 1. The number of carbonyl (C=O) groups is 2. The zero-order chi connectivity index (χ0) is 34.9. The van der Waals surface area contributed by atoms with E-state index >= 15 is 0 Å². The highest BCUT2D eigenvalue weighted by atomic mass is 35.5. The van der Waals surface area contributed by atoms with E-state index in [4.69, 9.17) is 21.1 Å².